The molecule has 18 nitrogen and oxygen atoms in total. The van der Waals surface area contributed by atoms with Gasteiger partial charge in [0.15, 0.2) is 11.9 Å². The number of guanidine groups is 2. The number of ether oxygens (including phenoxy) is 2. The van der Waals surface area contributed by atoms with E-state index in [9.17, 15) is 0 Å². The van der Waals surface area contributed by atoms with Crippen LogP contribution in [0.25, 0.3) is 0 Å². The minimum atomic E-state index is -1.50. The van der Waals surface area contributed by atoms with E-state index in [4.69, 9.17) is 63.1 Å². The SMILES string of the molecule is CN(C)CCOc1ccc(N=C(N)N)cc1.CN(C)CCOc1ccc(N=C(N)N)cc1.O=[N+]([O-])O.O=[N+]([O-])O. The average molecular weight is 571 g/mol. The molecule has 0 unspecified atom stereocenters. The maximum Gasteiger partial charge on any atom is 0.291 e. The molecule has 2 aromatic rings. The number of nitrogens with two attached hydrogens (primary N) is 4. The summed E-state index contributed by atoms with van der Waals surface area (Å²) in [5.41, 5.74) is 22.5. The quantitative estimate of drug-likeness (QED) is 0.0974. The first-order valence-electron chi connectivity index (χ1n) is 11.2. The van der Waals surface area contributed by atoms with Gasteiger partial charge >= 0.3 is 0 Å². The van der Waals surface area contributed by atoms with Crippen LogP contribution in [-0.4, -0.2) is 96.8 Å². The monoisotopic (exact) mass is 570 g/mol. The first-order chi connectivity index (χ1) is 18.6. The molecule has 0 fully saturated rings. The smallest absolute Gasteiger partial charge is 0.291 e. The lowest BCUT2D eigenvalue weighted by Crippen LogP contribution is -2.21. The van der Waals surface area contributed by atoms with Crippen LogP contribution in [0.15, 0.2) is 58.5 Å². The van der Waals surface area contributed by atoms with E-state index in [1.54, 1.807) is 0 Å². The highest BCUT2D eigenvalue weighted by molar-refractivity contribution is 5.79. The van der Waals surface area contributed by atoms with Crippen molar-refractivity contribution >= 4 is 23.3 Å². The summed E-state index contributed by atoms with van der Waals surface area (Å²) in [4.78, 5) is 28.7. The van der Waals surface area contributed by atoms with Gasteiger partial charge in [0.05, 0.1) is 11.4 Å². The molecular weight excluding hydrogens is 532 g/mol. The lowest BCUT2D eigenvalue weighted by atomic mass is 10.3. The summed E-state index contributed by atoms with van der Waals surface area (Å²) in [7, 11) is 8.02. The molecule has 224 valence electrons. The Balaban J connectivity index is 0. The molecule has 0 saturated heterocycles. The number of benzene rings is 2. The average Bonchev–Trinajstić information content (AvgIpc) is 2.80. The van der Waals surface area contributed by atoms with Gasteiger partial charge in [0.25, 0.3) is 10.2 Å². The van der Waals surface area contributed by atoms with Crippen molar-refractivity contribution in [2.24, 2.45) is 32.9 Å². The molecule has 0 aliphatic carbocycles. The maximum absolute atomic E-state index is 8.36. The van der Waals surface area contributed by atoms with Gasteiger partial charge in [-0.05, 0) is 76.7 Å². The zero-order valence-electron chi connectivity index (χ0n) is 22.8. The molecule has 0 bridgehead atoms. The molecule has 0 radical (unpaired) electrons. The van der Waals surface area contributed by atoms with E-state index < -0.39 is 10.2 Å². The van der Waals surface area contributed by atoms with Crippen molar-refractivity contribution in [2.45, 2.75) is 0 Å². The van der Waals surface area contributed by atoms with Crippen molar-refractivity contribution in [1.29, 1.82) is 0 Å². The van der Waals surface area contributed by atoms with Crippen LogP contribution in [0.2, 0.25) is 0 Å². The Hall–Kier alpha value is -5.10. The van der Waals surface area contributed by atoms with Crippen LogP contribution in [-0.2, 0) is 0 Å². The second-order valence-corrected chi connectivity index (χ2v) is 7.84. The van der Waals surface area contributed by atoms with Gasteiger partial charge in [-0.15, -0.1) is 20.2 Å². The molecule has 0 spiro atoms. The van der Waals surface area contributed by atoms with Crippen molar-refractivity contribution in [3.05, 3.63) is 68.8 Å². The number of aliphatic imine (C=N–C) groups is 2. The fraction of sp³-hybridized carbons (Fsp3) is 0.364. The molecule has 10 N–H and O–H groups in total. The third-order valence-electron chi connectivity index (χ3n) is 3.80. The third kappa shape index (κ3) is 27.5. The number of hydrogen-bond acceptors (Lipinski definition) is 10. The number of nitrogens with zero attached hydrogens (tertiary/aromatic N) is 6. The zero-order valence-corrected chi connectivity index (χ0v) is 22.8. The lowest BCUT2D eigenvalue weighted by Gasteiger charge is -2.10. The van der Waals surface area contributed by atoms with Gasteiger partial charge in [0.1, 0.15) is 24.7 Å². The summed E-state index contributed by atoms with van der Waals surface area (Å²) in [6.07, 6.45) is 0. The fourth-order valence-electron chi connectivity index (χ4n) is 2.22. The second kappa shape index (κ2) is 21.9. The lowest BCUT2D eigenvalue weighted by molar-refractivity contribution is -0.742. The molecule has 0 aromatic heterocycles. The van der Waals surface area contributed by atoms with Crippen molar-refractivity contribution in [3.8, 4) is 11.5 Å². The Labute approximate surface area is 231 Å². The molecule has 40 heavy (non-hydrogen) atoms. The van der Waals surface area contributed by atoms with Crippen LogP contribution < -0.4 is 32.4 Å². The normalized spacial score (nSPS) is 9.35. The predicted octanol–water partition coefficient (Wildman–Crippen LogP) is 0.368. The highest BCUT2D eigenvalue weighted by atomic mass is 16.9. The highest BCUT2D eigenvalue weighted by Crippen LogP contribution is 2.18. The van der Waals surface area contributed by atoms with Crippen LogP contribution in [0.3, 0.4) is 0 Å². The fourth-order valence-corrected chi connectivity index (χ4v) is 2.22. The minimum absolute atomic E-state index is 0.0567. The Morgan fingerprint density at radius 2 is 0.950 bits per heavy atom. The molecule has 18 heteroatoms. The van der Waals surface area contributed by atoms with E-state index in [0.717, 1.165) is 36.0 Å². The van der Waals surface area contributed by atoms with Crippen molar-refractivity contribution in [3.63, 3.8) is 0 Å². The topological polar surface area (TPSA) is 280 Å². The molecule has 0 saturated carbocycles. The number of rotatable bonds is 10. The second-order valence-electron chi connectivity index (χ2n) is 7.84. The Kier molecular flexibility index (Phi) is 20.3. The summed E-state index contributed by atoms with van der Waals surface area (Å²) in [5, 5.41) is 27.3. The maximum atomic E-state index is 8.36. The molecule has 0 aliphatic rings. The summed E-state index contributed by atoms with van der Waals surface area (Å²) >= 11 is 0. The Morgan fingerprint density at radius 3 is 1.15 bits per heavy atom. The van der Waals surface area contributed by atoms with Gasteiger partial charge in [-0.2, -0.15) is 0 Å². The predicted molar refractivity (Wildman–Crippen MR) is 149 cm³/mol. The van der Waals surface area contributed by atoms with Gasteiger partial charge in [-0.1, -0.05) is 0 Å². The first kappa shape index (κ1) is 37.1. The van der Waals surface area contributed by atoms with Crippen molar-refractivity contribution < 1.29 is 30.1 Å². The van der Waals surface area contributed by atoms with E-state index in [1.807, 2.05) is 76.7 Å². The number of likely N-dealkylation sites (N-methyl/N-ethyl adjacent to an activating group) is 2. The van der Waals surface area contributed by atoms with Crippen molar-refractivity contribution in [1.82, 2.24) is 9.80 Å². The summed E-state index contributed by atoms with van der Waals surface area (Å²) < 4.78 is 11.0. The molecular formula is C22H38N10O8. The van der Waals surface area contributed by atoms with E-state index in [2.05, 4.69) is 19.8 Å². The Morgan fingerprint density at radius 1 is 0.700 bits per heavy atom. The van der Waals surface area contributed by atoms with Crippen molar-refractivity contribution in [2.75, 3.05) is 54.5 Å². The van der Waals surface area contributed by atoms with E-state index >= 15 is 0 Å². The zero-order chi connectivity index (χ0) is 31.1. The first-order valence-corrected chi connectivity index (χ1v) is 11.2. The van der Waals surface area contributed by atoms with Crippen LogP contribution >= 0.6 is 0 Å². The van der Waals surface area contributed by atoms with Gasteiger partial charge in [-0.3, -0.25) is 0 Å². The van der Waals surface area contributed by atoms with E-state index in [-0.39, 0.29) is 11.9 Å². The van der Waals surface area contributed by atoms with Crippen LogP contribution in [0.4, 0.5) is 11.4 Å². The summed E-state index contributed by atoms with van der Waals surface area (Å²) in [5.74, 6) is 1.75. The molecule has 0 amide bonds. The van der Waals surface area contributed by atoms with Gasteiger partial charge in [0.2, 0.25) is 0 Å². The molecule has 2 aromatic carbocycles. The molecule has 2 rings (SSSR count). The standard InChI is InChI=1S/2C11H18N4O.2HNO3/c2*1-15(2)7-8-16-10-5-3-9(4-6-10)14-11(12)13;2*2-1(3)4/h2*3-6H,7-8H2,1-2H3,(H4,12,13,14);2*(H,2,3,4). The van der Waals surface area contributed by atoms with Crippen LogP contribution in [0, 0.1) is 20.2 Å². The van der Waals surface area contributed by atoms with E-state index in [0.29, 0.717) is 13.2 Å². The highest BCUT2D eigenvalue weighted by Gasteiger charge is 1.97. The summed E-state index contributed by atoms with van der Waals surface area (Å²) in [6.45, 7) is 3.09. The van der Waals surface area contributed by atoms with Gasteiger partial charge in [-0.25, -0.2) is 9.98 Å². The van der Waals surface area contributed by atoms with E-state index in [1.165, 1.54) is 0 Å². The summed E-state index contributed by atoms with van der Waals surface area (Å²) in [6, 6.07) is 14.6. The third-order valence-corrected chi connectivity index (χ3v) is 3.80. The molecule has 0 aliphatic heterocycles. The molecule has 0 heterocycles. The van der Waals surface area contributed by atoms with Crippen LogP contribution in [0.5, 0.6) is 11.5 Å². The molecule has 0 atom stereocenters. The van der Waals surface area contributed by atoms with Gasteiger partial charge < -0.3 is 52.6 Å². The number of hydrogen-bond donors (Lipinski definition) is 6. The van der Waals surface area contributed by atoms with Crippen LogP contribution in [0.1, 0.15) is 0 Å². The van der Waals surface area contributed by atoms with Gasteiger partial charge in [0, 0.05) is 13.1 Å². The largest absolute Gasteiger partial charge is 0.492 e. The minimum Gasteiger partial charge on any atom is -0.492 e. The Bertz CT molecular complexity index is 933.